The van der Waals surface area contributed by atoms with Crippen LogP contribution in [0.1, 0.15) is 5.56 Å². The van der Waals surface area contributed by atoms with E-state index < -0.39 is 6.18 Å². The SMILES string of the molecule is FC(F)(F)C#Cc1cnc2ccccc2c1. The Morgan fingerprint density at radius 1 is 1.12 bits per heavy atom. The maximum absolute atomic E-state index is 11.9. The summed E-state index contributed by atoms with van der Waals surface area (Å²) in [6, 6.07) is 8.76. The van der Waals surface area contributed by atoms with E-state index in [-0.39, 0.29) is 5.56 Å². The van der Waals surface area contributed by atoms with Crippen LogP contribution in [0.4, 0.5) is 13.2 Å². The van der Waals surface area contributed by atoms with E-state index in [2.05, 4.69) is 4.98 Å². The van der Waals surface area contributed by atoms with Gasteiger partial charge in [-0.2, -0.15) is 13.2 Å². The third-order valence-corrected chi connectivity index (χ3v) is 1.94. The minimum atomic E-state index is -4.47. The van der Waals surface area contributed by atoms with Crippen molar-refractivity contribution in [3.05, 3.63) is 42.1 Å². The summed E-state index contributed by atoms with van der Waals surface area (Å²) >= 11 is 0. The normalized spacial score (nSPS) is 10.9. The highest BCUT2D eigenvalue weighted by atomic mass is 19.4. The molecule has 0 radical (unpaired) electrons. The zero-order valence-electron chi connectivity index (χ0n) is 8.05. The number of para-hydroxylation sites is 1. The monoisotopic (exact) mass is 221 g/mol. The van der Waals surface area contributed by atoms with Crippen molar-refractivity contribution in [3.63, 3.8) is 0 Å². The summed E-state index contributed by atoms with van der Waals surface area (Å²) in [5.41, 5.74) is 0.996. The van der Waals surface area contributed by atoms with Crippen LogP contribution in [0, 0.1) is 11.8 Å². The Balaban J connectivity index is 2.43. The number of alkyl halides is 3. The van der Waals surface area contributed by atoms with E-state index in [0.717, 1.165) is 10.9 Å². The smallest absolute Gasteiger partial charge is 0.255 e. The van der Waals surface area contributed by atoms with Gasteiger partial charge in [-0.3, -0.25) is 4.98 Å². The van der Waals surface area contributed by atoms with E-state index in [9.17, 15) is 13.2 Å². The Morgan fingerprint density at radius 2 is 1.88 bits per heavy atom. The number of pyridine rings is 1. The van der Waals surface area contributed by atoms with Crippen LogP contribution >= 0.6 is 0 Å². The van der Waals surface area contributed by atoms with Crippen LogP contribution < -0.4 is 0 Å². The summed E-state index contributed by atoms with van der Waals surface area (Å²) in [7, 11) is 0. The molecule has 1 aromatic carbocycles. The second-order valence-corrected chi connectivity index (χ2v) is 3.16. The summed E-state index contributed by atoms with van der Waals surface area (Å²) in [6.07, 6.45) is -3.13. The number of benzene rings is 1. The zero-order chi connectivity index (χ0) is 11.6. The van der Waals surface area contributed by atoms with Gasteiger partial charge in [0.15, 0.2) is 0 Å². The van der Waals surface area contributed by atoms with Crippen LogP contribution in [0.15, 0.2) is 36.5 Å². The second-order valence-electron chi connectivity index (χ2n) is 3.16. The number of fused-ring (bicyclic) bond motifs is 1. The molecule has 4 heteroatoms. The molecule has 0 unspecified atom stereocenters. The van der Waals surface area contributed by atoms with Crippen molar-refractivity contribution >= 4 is 10.9 Å². The fraction of sp³-hybridized carbons (Fsp3) is 0.0833. The van der Waals surface area contributed by atoms with Gasteiger partial charge in [-0.05, 0) is 12.1 Å². The standard InChI is InChI=1S/C12H6F3N/c13-12(14,15)6-5-9-7-10-3-1-2-4-11(10)16-8-9/h1-4,7-8H. The Hall–Kier alpha value is -2.02. The molecule has 1 heterocycles. The Kier molecular flexibility index (Phi) is 2.53. The third-order valence-electron chi connectivity index (χ3n) is 1.94. The van der Waals surface area contributed by atoms with Gasteiger partial charge in [0.25, 0.3) is 0 Å². The minimum absolute atomic E-state index is 0.260. The van der Waals surface area contributed by atoms with Crippen molar-refractivity contribution in [2.75, 3.05) is 0 Å². The fourth-order valence-electron chi connectivity index (χ4n) is 1.28. The molecule has 0 amide bonds. The summed E-state index contributed by atoms with van der Waals surface area (Å²) < 4.78 is 35.6. The van der Waals surface area contributed by atoms with E-state index >= 15 is 0 Å². The number of nitrogens with zero attached hydrogens (tertiary/aromatic N) is 1. The quantitative estimate of drug-likeness (QED) is 0.623. The molecule has 0 saturated carbocycles. The molecule has 2 rings (SSSR count). The van der Waals surface area contributed by atoms with Crippen molar-refractivity contribution in [3.8, 4) is 11.8 Å². The molecule has 0 aliphatic heterocycles. The molecule has 2 aromatic rings. The van der Waals surface area contributed by atoms with Crippen molar-refractivity contribution < 1.29 is 13.2 Å². The lowest BCUT2D eigenvalue weighted by molar-refractivity contribution is -0.0696. The minimum Gasteiger partial charge on any atom is -0.255 e. The molecule has 0 N–H and O–H groups in total. The van der Waals surface area contributed by atoms with E-state index in [1.165, 1.54) is 12.1 Å². The number of halogens is 3. The summed E-state index contributed by atoms with van der Waals surface area (Å²) in [4.78, 5) is 4.01. The lowest BCUT2D eigenvalue weighted by Gasteiger charge is -1.97. The first-order chi connectivity index (χ1) is 7.54. The number of rotatable bonds is 0. The largest absolute Gasteiger partial charge is 0.458 e. The van der Waals surface area contributed by atoms with Crippen LogP contribution in [0.25, 0.3) is 10.9 Å². The predicted octanol–water partition coefficient (Wildman–Crippen LogP) is 3.15. The predicted molar refractivity (Wildman–Crippen MR) is 54.7 cm³/mol. The van der Waals surface area contributed by atoms with Gasteiger partial charge in [0, 0.05) is 23.1 Å². The van der Waals surface area contributed by atoms with Gasteiger partial charge in [-0.25, -0.2) is 0 Å². The number of hydrogen-bond acceptors (Lipinski definition) is 1. The van der Waals surface area contributed by atoms with Gasteiger partial charge < -0.3 is 0 Å². The Morgan fingerprint density at radius 3 is 2.62 bits per heavy atom. The molecule has 0 bridgehead atoms. The highest BCUT2D eigenvalue weighted by Crippen LogP contribution is 2.14. The van der Waals surface area contributed by atoms with Gasteiger partial charge in [0.2, 0.25) is 0 Å². The summed E-state index contributed by atoms with van der Waals surface area (Å²) in [5, 5.41) is 0.775. The lowest BCUT2D eigenvalue weighted by atomic mass is 10.2. The van der Waals surface area contributed by atoms with Crippen LogP contribution in [0.5, 0.6) is 0 Å². The topological polar surface area (TPSA) is 12.9 Å². The molecule has 0 saturated heterocycles. The first kappa shape index (κ1) is 10.5. The molecule has 0 aliphatic carbocycles. The molecule has 16 heavy (non-hydrogen) atoms. The van der Waals surface area contributed by atoms with Crippen LogP contribution in [0.2, 0.25) is 0 Å². The number of aromatic nitrogens is 1. The van der Waals surface area contributed by atoms with E-state index in [0.29, 0.717) is 0 Å². The van der Waals surface area contributed by atoms with E-state index in [4.69, 9.17) is 0 Å². The average Bonchev–Trinajstić information content (AvgIpc) is 2.25. The lowest BCUT2D eigenvalue weighted by Crippen LogP contribution is -2.01. The Labute approximate surface area is 89.9 Å². The van der Waals surface area contributed by atoms with Crippen molar-refractivity contribution in [2.45, 2.75) is 6.18 Å². The zero-order valence-corrected chi connectivity index (χ0v) is 8.05. The fourth-order valence-corrected chi connectivity index (χ4v) is 1.28. The summed E-state index contributed by atoms with van der Waals surface area (Å²) in [5.74, 6) is 3.25. The Bertz CT molecular complexity index is 576. The maximum Gasteiger partial charge on any atom is 0.458 e. The van der Waals surface area contributed by atoms with Gasteiger partial charge >= 0.3 is 6.18 Å². The van der Waals surface area contributed by atoms with E-state index in [1.807, 2.05) is 12.0 Å². The first-order valence-electron chi connectivity index (χ1n) is 4.49. The highest BCUT2D eigenvalue weighted by Gasteiger charge is 2.22. The maximum atomic E-state index is 11.9. The molecular weight excluding hydrogens is 215 g/mol. The molecular formula is C12H6F3N. The summed E-state index contributed by atoms with van der Waals surface area (Å²) in [6.45, 7) is 0. The highest BCUT2D eigenvalue weighted by molar-refractivity contribution is 5.79. The molecule has 1 nitrogen and oxygen atoms in total. The molecule has 1 aromatic heterocycles. The molecule has 0 spiro atoms. The van der Waals surface area contributed by atoms with Gasteiger partial charge in [0.05, 0.1) is 5.52 Å². The van der Waals surface area contributed by atoms with Crippen molar-refractivity contribution in [2.24, 2.45) is 0 Å². The van der Waals surface area contributed by atoms with Crippen LogP contribution in [-0.2, 0) is 0 Å². The van der Waals surface area contributed by atoms with Gasteiger partial charge in [-0.15, -0.1) is 0 Å². The first-order valence-corrected chi connectivity index (χ1v) is 4.49. The molecule has 0 atom stereocenters. The van der Waals surface area contributed by atoms with Crippen LogP contribution in [0.3, 0.4) is 0 Å². The van der Waals surface area contributed by atoms with Crippen molar-refractivity contribution in [1.29, 1.82) is 0 Å². The van der Waals surface area contributed by atoms with Crippen LogP contribution in [-0.4, -0.2) is 11.2 Å². The molecule has 0 aliphatic rings. The second kappa shape index (κ2) is 3.86. The van der Waals surface area contributed by atoms with Crippen molar-refractivity contribution in [1.82, 2.24) is 4.98 Å². The van der Waals surface area contributed by atoms with Gasteiger partial charge in [0.1, 0.15) is 0 Å². The number of hydrogen-bond donors (Lipinski definition) is 0. The molecule has 80 valence electrons. The third kappa shape index (κ3) is 2.51. The average molecular weight is 221 g/mol. The van der Waals surface area contributed by atoms with Gasteiger partial charge in [-0.1, -0.05) is 24.1 Å². The van der Waals surface area contributed by atoms with E-state index in [1.54, 1.807) is 24.3 Å². The molecule has 0 fully saturated rings.